The SMILES string of the molecule is CNc1ccc(/C(=C/C=C/C=C(\C#N)C(=O)O)c2ccc(N)cc2)cc1. The first kappa shape index (κ1) is 18.6. The summed E-state index contributed by atoms with van der Waals surface area (Å²) in [6.45, 7) is 0. The van der Waals surface area contributed by atoms with Crippen molar-refractivity contribution in [2.45, 2.75) is 0 Å². The van der Waals surface area contributed by atoms with E-state index in [9.17, 15) is 4.79 Å². The Bertz CT molecular complexity index is 900. The van der Waals surface area contributed by atoms with E-state index in [4.69, 9.17) is 16.1 Å². The highest BCUT2D eigenvalue weighted by Gasteiger charge is 2.05. The molecule has 2 aromatic rings. The number of carboxylic acid groups (broad SMARTS) is 1. The maximum Gasteiger partial charge on any atom is 0.346 e. The molecule has 4 N–H and O–H groups in total. The molecule has 130 valence electrons. The molecule has 0 aliphatic rings. The van der Waals surface area contributed by atoms with Crippen LogP contribution in [0.5, 0.6) is 0 Å². The van der Waals surface area contributed by atoms with Gasteiger partial charge in [-0.15, -0.1) is 0 Å². The van der Waals surface area contributed by atoms with Gasteiger partial charge in [-0.05, 0) is 47.0 Å². The van der Waals surface area contributed by atoms with Crippen molar-refractivity contribution >= 4 is 22.9 Å². The van der Waals surface area contributed by atoms with Crippen LogP contribution in [0.3, 0.4) is 0 Å². The zero-order valence-corrected chi connectivity index (χ0v) is 14.3. The van der Waals surface area contributed by atoms with E-state index in [0.29, 0.717) is 5.69 Å². The topological polar surface area (TPSA) is 99.1 Å². The fourth-order valence-corrected chi connectivity index (χ4v) is 2.30. The number of nitrogen functional groups attached to an aromatic ring is 1. The second kappa shape index (κ2) is 8.90. The molecule has 0 aliphatic heterocycles. The zero-order chi connectivity index (χ0) is 18.9. The van der Waals surface area contributed by atoms with Crippen molar-refractivity contribution in [3.8, 4) is 6.07 Å². The Morgan fingerprint density at radius 1 is 1.04 bits per heavy atom. The maximum absolute atomic E-state index is 10.8. The van der Waals surface area contributed by atoms with Crippen LogP contribution >= 0.6 is 0 Å². The minimum absolute atomic E-state index is 0.318. The highest BCUT2D eigenvalue weighted by atomic mass is 16.4. The predicted octanol–water partition coefficient (Wildman–Crippen LogP) is 3.83. The third-order valence-corrected chi connectivity index (χ3v) is 3.69. The summed E-state index contributed by atoms with van der Waals surface area (Å²) < 4.78 is 0. The van der Waals surface area contributed by atoms with Crippen LogP contribution in [0.4, 0.5) is 11.4 Å². The molecule has 0 radical (unpaired) electrons. The molecule has 5 heteroatoms. The Balaban J connectivity index is 2.41. The summed E-state index contributed by atoms with van der Waals surface area (Å²) in [5.41, 5.74) is 10.1. The molecule has 0 fully saturated rings. The van der Waals surface area contributed by atoms with Gasteiger partial charge in [-0.25, -0.2) is 4.79 Å². The molecule has 0 saturated heterocycles. The van der Waals surface area contributed by atoms with Gasteiger partial charge in [0.1, 0.15) is 11.6 Å². The highest BCUT2D eigenvalue weighted by molar-refractivity contribution is 5.91. The van der Waals surface area contributed by atoms with Gasteiger partial charge in [0.25, 0.3) is 0 Å². The number of nitrogens with one attached hydrogen (secondary N) is 1. The van der Waals surface area contributed by atoms with Crippen molar-refractivity contribution in [2.24, 2.45) is 0 Å². The summed E-state index contributed by atoms with van der Waals surface area (Å²) >= 11 is 0. The third kappa shape index (κ3) is 4.86. The molecule has 2 rings (SSSR count). The van der Waals surface area contributed by atoms with Gasteiger partial charge in [0, 0.05) is 18.4 Å². The van der Waals surface area contributed by atoms with E-state index in [2.05, 4.69) is 5.32 Å². The average molecular weight is 345 g/mol. The number of nitrogens with zero attached hydrogens (tertiary/aromatic N) is 1. The number of nitrogens with two attached hydrogens (primary N) is 1. The number of anilines is 2. The number of carboxylic acids is 1. The Morgan fingerprint density at radius 2 is 1.58 bits per heavy atom. The third-order valence-electron chi connectivity index (χ3n) is 3.69. The molecule has 0 bridgehead atoms. The van der Waals surface area contributed by atoms with Gasteiger partial charge < -0.3 is 16.2 Å². The van der Waals surface area contributed by atoms with E-state index < -0.39 is 5.97 Å². The molecule has 26 heavy (non-hydrogen) atoms. The van der Waals surface area contributed by atoms with E-state index in [1.807, 2.05) is 61.7 Å². The Morgan fingerprint density at radius 3 is 2.08 bits per heavy atom. The highest BCUT2D eigenvalue weighted by Crippen LogP contribution is 2.25. The number of benzene rings is 2. The minimum Gasteiger partial charge on any atom is -0.477 e. The fraction of sp³-hybridized carbons (Fsp3) is 0.0476. The van der Waals surface area contributed by atoms with Crippen LogP contribution < -0.4 is 11.1 Å². The molecular weight excluding hydrogens is 326 g/mol. The molecule has 0 unspecified atom stereocenters. The van der Waals surface area contributed by atoms with Gasteiger partial charge in [0.15, 0.2) is 0 Å². The lowest BCUT2D eigenvalue weighted by molar-refractivity contribution is -0.132. The normalized spacial score (nSPS) is 12.0. The van der Waals surface area contributed by atoms with Crippen LogP contribution in [0.2, 0.25) is 0 Å². The van der Waals surface area contributed by atoms with Crippen LogP contribution in [-0.4, -0.2) is 18.1 Å². The van der Waals surface area contributed by atoms with E-state index >= 15 is 0 Å². The molecule has 0 heterocycles. The molecular formula is C21H19N3O2. The number of allylic oxidation sites excluding steroid dienone is 4. The number of rotatable bonds is 6. The van der Waals surface area contributed by atoms with Crippen molar-refractivity contribution < 1.29 is 9.90 Å². The Hall–Kier alpha value is -3.78. The summed E-state index contributed by atoms with van der Waals surface area (Å²) in [5, 5.41) is 20.7. The van der Waals surface area contributed by atoms with Crippen molar-refractivity contribution in [3.05, 3.63) is 89.5 Å². The van der Waals surface area contributed by atoms with Crippen molar-refractivity contribution in [3.63, 3.8) is 0 Å². The first-order chi connectivity index (χ1) is 12.5. The van der Waals surface area contributed by atoms with Crippen molar-refractivity contribution in [1.82, 2.24) is 0 Å². The van der Waals surface area contributed by atoms with Gasteiger partial charge in [-0.2, -0.15) is 5.26 Å². The Kier molecular flexibility index (Phi) is 6.35. The van der Waals surface area contributed by atoms with Crippen molar-refractivity contribution in [1.29, 1.82) is 5.26 Å². The van der Waals surface area contributed by atoms with Crippen LogP contribution in [0, 0.1) is 11.3 Å². The molecule has 0 amide bonds. The monoisotopic (exact) mass is 345 g/mol. The lowest BCUT2D eigenvalue weighted by atomic mass is 9.97. The van der Waals surface area contributed by atoms with Crippen LogP contribution in [0.15, 0.2) is 78.4 Å². The predicted molar refractivity (Wildman–Crippen MR) is 104 cm³/mol. The molecule has 2 aromatic carbocycles. The average Bonchev–Trinajstić information content (AvgIpc) is 2.66. The van der Waals surface area contributed by atoms with E-state index in [0.717, 1.165) is 22.4 Å². The lowest BCUT2D eigenvalue weighted by Gasteiger charge is -2.09. The van der Waals surface area contributed by atoms with Crippen LogP contribution in [0.25, 0.3) is 5.57 Å². The molecule has 0 saturated carbocycles. The van der Waals surface area contributed by atoms with Crippen LogP contribution in [0.1, 0.15) is 11.1 Å². The quantitative estimate of drug-likeness (QED) is 0.320. The van der Waals surface area contributed by atoms with E-state index in [-0.39, 0.29) is 5.57 Å². The first-order valence-corrected chi connectivity index (χ1v) is 7.91. The number of hydrogen-bond acceptors (Lipinski definition) is 4. The van der Waals surface area contributed by atoms with Gasteiger partial charge in [0.2, 0.25) is 0 Å². The number of carbonyl (C=O) groups is 1. The first-order valence-electron chi connectivity index (χ1n) is 7.91. The van der Waals surface area contributed by atoms with E-state index in [1.165, 1.54) is 12.2 Å². The zero-order valence-electron chi connectivity index (χ0n) is 14.3. The number of aliphatic carboxylic acids is 1. The van der Waals surface area contributed by atoms with Crippen LogP contribution in [-0.2, 0) is 4.79 Å². The summed E-state index contributed by atoms with van der Waals surface area (Å²) in [6, 6.07) is 17.1. The minimum atomic E-state index is -1.25. The van der Waals surface area contributed by atoms with Gasteiger partial charge in [0.05, 0.1) is 0 Å². The van der Waals surface area contributed by atoms with Gasteiger partial charge in [-0.1, -0.05) is 42.5 Å². The number of nitriles is 1. The van der Waals surface area contributed by atoms with Gasteiger partial charge in [-0.3, -0.25) is 0 Å². The van der Waals surface area contributed by atoms with E-state index in [1.54, 1.807) is 12.1 Å². The van der Waals surface area contributed by atoms with Gasteiger partial charge >= 0.3 is 5.97 Å². The maximum atomic E-state index is 10.8. The fourth-order valence-electron chi connectivity index (χ4n) is 2.30. The standard InChI is InChI=1S/C21H19N3O2/c1-24-19-12-8-16(9-13-19)20(15-6-10-18(23)11-7-15)5-3-2-4-17(14-22)21(25)26/h2-13,24H,23H2,1H3,(H,25,26)/b3-2+,17-4+,20-5+. The molecule has 5 nitrogen and oxygen atoms in total. The summed E-state index contributed by atoms with van der Waals surface area (Å²) in [7, 11) is 1.86. The summed E-state index contributed by atoms with van der Waals surface area (Å²) in [6.07, 6.45) is 6.38. The largest absolute Gasteiger partial charge is 0.477 e. The summed E-state index contributed by atoms with van der Waals surface area (Å²) in [4.78, 5) is 10.8. The summed E-state index contributed by atoms with van der Waals surface area (Å²) in [5.74, 6) is -1.25. The molecule has 0 aliphatic carbocycles. The molecule has 0 atom stereocenters. The second-order valence-electron chi connectivity index (χ2n) is 5.41. The smallest absolute Gasteiger partial charge is 0.346 e. The van der Waals surface area contributed by atoms with Crippen molar-refractivity contribution in [2.75, 3.05) is 18.1 Å². The molecule has 0 aromatic heterocycles. The lowest BCUT2D eigenvalue weighted by Crippen LogP contribution is -1.96. The second-order valence-corrected chi connectivity index (χ2v) is 5.41. The number of hydrogen-bond donors (Lipinski definition) is 3. The molecule has 0 spiro atoms. The Labute approximate surface area is 152 Å².